The van der Waals surface area contributed by atoms with Crippen LogP contribution in [0, 0.1) is 106 Å². The summed E-state index contributed by atoms with van der Waals surface area (Å²) in [6.45, 7) is 25.0. The Kier molecular flexibility index (Phi) is 23.5. The molecule has 0 radical (unpaired) electrons. The zero-order valence-corrected chi connectivity index (χ0v) is 58.9. The molecule has 14 aliphatic carbocycles. The molecule has 14 aliphatic rings. The molecule has 92 heavy (non-hydrogen) atoms. The molecule has 12 bridgehead atoms. The summed E-state index contributed by atoms with van der Waals surface area (Å²) < 4.78 is 45.4. The van der Waals surface area contributed by atoms with Gasteiger partial charge in [0.05, 0.1) is 35.0 Å². The van der Waals surface area contributed by atoms with E-state index in [-0.39, 0.29) is 137 Å². The standard InChI is InChI=1S/C20H32O4.2C19H30O4.C18H28O4/c1-4-13(3)18(21)23-17-12-14-10-15(17)16(11-14)19(22)24-20(5-2)8-6-7-9-20;1-5-18(2,3)17(21)22-11-16(20)23-19(4)14-7-12-6-13(9-14)10-15(19)8-12;1-4-12(2)17(20)22-16-11-13-9-14(16)15(10-13)18(21)23-19(3)7-5-6-8-19;1-4-11(2)17(20)21-10-16(19)22-18(3)14-6-12-5-13(8-14)9-15(18)7-12/h13-17H,4-12H2,1-3H3;12-15H,5-11H2,1-4H3;12-16H,4-11H2,1-3H3;11-15H,4-10H2,1-3H3. The van der Waals surface area contributed by atoms with E-state index in [1.54, 1.807) is 0 Å². The van der Waals surface area contributed by atoms with Crippen molar-refractivity contribution in [2.24, 2.45) is 106 Å². The summed E-state index contributed by atoms with van der Waals surface area (Å²) in [5, 5.41) is 0. The molecule has 0 amide bonds. The third kappa shape index (κ3) is 16.4. The quantitative estimate of drug-likeness (QED) is 0.0772. The number of carbonyl (C=O) groups is 8. The first-order valence-electron chi connectivity index (χ1n) is 37.2. The molecule has 0 heterocycles. The second-order valence-electron chi connectivity index (χ2n) is 33.2. The van der Waals surface area contributed by atoms with E-state index >= 15 is 0 Å². The van der Waals surface area contributed by atoms with Gasteiger partial charge in [-0.3, -0.25) is 28.8 Å². The van der Waals surface area contributed by atoms with Crippen LogP contribution in [0.25, 0.3) is 0 Å². The summed E-state index contributed by atoms with van der Waals surface area (Å²) >= 11 is 0. The Hall–Kier alpha value is -4.24. The molecule has 16 nitrogen and oxygen atoms in total. The molecule has 16 heteroatoms. The van der Waals surface area contributed by atoms with Gasteiger partial charge in [-0.2, -0.15) is 0 Å². The summed E-state index contributed by atoms with van der Waals surface area (Å²) in [6, 6.07) is 0. The van der Waals surface area contributed by atoms with Crippen molar-refractivity contribution in [2.45, 2.75) is 311 Å². The van der Waals surface area contributed by atoms with Crippen LogP contribution in [0.3, 0.4) is 0 Å². The molecule has 14 saturated carbocycles. The van der Waals surface area contributed by atoms with E-state index in [0.29, 0.717) is 41.9 Å². The summed E-state index contributed by atoms with van der Waals surface area (Å²) in [5.41, 5.74) is -1.72. The maximum absolute atomic E-state index is 12.8. The van der Waals surface area contributed by atoms with Gasteiger partial charge in [-0.25, -0.2) is 9.59 Å². The normalized spacial score (nSPS) is 37.4. The average molecular weight is 1290 g/mol. The van der Waals surface area contributed by atoms with Gasteiger partial charge in [0, 0.05) is 11.8 Å². The molecule has 0 spiro atoms. The third-order valence-electron chi connectivity index (χ3n) is 26.5. The highest BCUT2D eigenvalue weighted by Crippen LogP contribution is 2.61. The summed E-state index contributed by atoms with van der Waals surface area (Å²) in [5.74, 6) is 4.60. The van der Waals surface area contributed by atoms with Gasteiger partial charge in [-0.05, 0) is 280 Å². The van der Waals surface area contributed by atoms with E-state index in [2.05, 4.69) is 27.7 Å². The molecule has 520 valence electrons. The minimum atomic E-state index is -0.549. The Balaban J connectivity index is 0.000000145. The molecule has 11 unspecified atom stereocenters. The van der Waals surface area contributed by atoms with E-state index in [1.807, 2.05) is 62.3 Å². The van der Waals surface area contributed by atoms with Crippen molar-refractivity contribution in [1.29, 1.82) is 0 Å². The number of rotatable bonds is 21. The largest absolute Gasteiger partial charge is 0.462 e. The first kappa shape index (κ1) is 72.0. The summed E-state index contributed by atoms with van der Waals surface area (Å²) in [6.07, 6.45) is 30.3. The fourth-order valence-electron chi connectivity index (χ4n) is 19.7. The van der Waals surface area contributed by atoms with Gasteiger partial charge in [-0.15, -0.1) is 0 Å². The predicted octanol–water partition coefficient (Wildman–Crippen LogP) is 15.2. The van der Waals surface area contributed by atoms with Gasteiger partial charge in [-0.1, -0.05) is 55.4 Å². The highest BCUT2D eigenvalue weighted by atomic mass is 16.6. The lowest BCUT2D eigenvalue weighted by Crippen LogP contribution is -2.58. The van der Waals surface area contributed by atoms with Crippen molar-refractivity contribution in [3.05, 3.63) is 0 Å². The lowest BCUT2D eigenvalue weighted by atomic mass is 9.50. The van der Waals surface area contributed by atoms with Crippen molar-refractivity contribution < 1.29 is 76.3 Å². The number of esters is 8. The number of fused-ring (bicyclic) bond motifs is 4. The molecule has 0 aromatic heterocycles. The van der Waals surface area contributed by atoms with E-state index in [4.69, 9.17) is 37.9 Å². The molecular weight excluding hydrogens is 1170 g/mol. The maximum atomic E-state index is 12.8. The van der Waals surface area contributed by atoms with Crippen LogP contribution in [0.5, 0.6) is 0 Å². The highest BCUT2D eigenvalue weighted by molar-refractivity contribution is 5.80. The Morgan fingerprint density at radius 1 is 0.424 bits per heavy atom. The van der Waals surface area contributed by atoms with Crippen LogP contribution in [0.15, 0.2) is 0 Å². The molecule has 0 aromatic carbocycles. The Labute approximate surface area is 551 Å². The second-order valence-corrected chi connectivity index (χ2v) is 33.2. The van der Waals surface area contributed by atoms with Crippen LogP contribution < -0.4 is 0 Å². The average Bonchev–Trinajstić information content (AvgIpc) is 1.16. The lowest BCUT2D eigenvalue weighted by molar-refractivity contribution is -0.208. The molecule has 11 atom stereocenters. The lowest BCUT2D eigenvalue weighted by Gasteiger charge is -2.59. The van der Waals surface area contributed by atoms with Gasteiger partial charge in [0.25, 0.3) is 0 Å². The fourth-order valence-corrected chi connectivity index (χ4v) is 19.7. The van der Waals surface area contributed by atoms with E-state index in [1.165, 1.54) is 64.2 Å². The third-order valence-corrected chi connectivity index (χ3v) is 26.5. The number of carbonyl (C=O) groups excluding carboxylic acids is 8. The van der Waals surface area contributed by atoms with E-state index < -0.39 is 5.41 Å². The van der Waals surface area contributed by atoms with Crippen LogP contribution >= 0.6 is 0 Å². The van der Waals surface area contributed by atoms with Crippen molar-refractivity contribution >= 4 is 47.8 Å². The molecule has 0 aromatic rings. The van der Waals surface area contributed by atoms with Gasteiger partial charge < -0.3 is 37.9 Å². The minimum Gasteiger partial charge on any atom is -0.462 e. The summed E-state index contributed by atoms with van der Waals surface area (Å²) in [7, 11) is 0. The van der Waals surface area contributed by atoms with E-state index in [0.717, 1.165) is 139 Å². The van der Waals surface area contributed by atoms with Gasteiger partial charge in [0.1, 0.15) is 34.6 Å². The van der Waals surface area contributed by atoms with Crippen LogP contribution in [0.4, 0.5) is 0 Å². The Morgan fingerprint density at radius 2 is 0.783 bits per heavy atom. The zero-order chi connectivity index (χ0) is 66.7. The minimum absolute atomic E-state index is 0.0319. The van der Waals surface area contributed by atoms with Crippen molar-refractivity contribution in [3.8, 4) is 0 Å². The predicted molar refractivity (Wildman–Crippen MR) is 346 cm³/mol. The monoisotopic (exact) mass is 1290 g/mol. The number of hydrogen-bond donors (Lipinski definition) is 0. The molecule has 14 rings (SSSR count). The zero-order valence-electron chi connectivity index (χ0n) is 58.9. The van der Waals surface area contributed by atoms with Crippen LogP contribution in [0.1, 0.15) is 276 Å². The number of ether oxygens (including phenoxy) is 8. The Morgan fingerprint density at radius 3 is 1.15 bits per heavy atom. The van der Waals surface area contributed by atoms with Crippen LogP contribution in [-0.2, 0) is 76.3 Å². The van der Waals surface area contributed by atoms with Gasteiger partial charge in [0.15, 0.2) is 13.2 Å². The summed E-state index contributed by atoms with van der Waals surface area (Å²) in [4.78, 5) is 97.7. The molecule has 14 fully saturated rings. The van der Waals surface area contributed by atoms with Crippen LogP contribution in [0.2, 0.25) is 0 Å². The van der Waals surface area contributed by atoms with Gasteiger partial charge >= 0.3 is 47.8 Å². The van der Waals surface area contributed by atoms with Crippen LogP contribution in [-0.4, -0.2) is 95.6 Å². The Bertz CT molecular complexity index is 2540. The highest BCUT2D eigenvalue weighted by Gasteiger charge is 2.60. The number of hydrogen-bond acceptors (Lipinski definition) is 16. The molecule has 0 aliphatic heterocycles. The first-order chi connectivity index (χ1) is 43.6. The molecule has 0 N–H and O–H groups in total. The topological polar surface area (TPSA) is 210 Å². The fraction of sp³-hybridized carbons (Fsp3) is 0.895. The van der Waals surface area contributed by atoms with Crippen molar-refractivity contribution in [2.75, 3.05) is 13.2 Å². The second kappa shape index (κ2) is 30.0. The van der Waals surface area contributed by atoms with Gasteiger partial charge in [0.2, 0.25) is 0 Å². The smallest absolute Gasteiger partial charge is 0.344 e. The van der Waals surface area contributed by atoms with E-state index in [9.17, 15) is 38.4 Å². The first-order valence-corrected chi connectivity index (χ1v) is 37.2. The van der Waals surface area contributed by atoms with Crippen molar-refractivity contribution in [3.63, 3.8) is 0 Å². The molecular formula is C76H120O16. The SMILES string of the molecule is CCC(C)(C)C(=O)OCC(=O)OC1(C)C2CC3CC(C2)CC1C3.CCC(C)C(=O)OC1CC2CC(C(=O)OC3(C)CCCC3)C1C2.CCC(C)C(=O)OC1CC2CC(C(=O)OC3(CC)CCCC3)C1C2.CCC(C)C(=O)OCC(=O)OC1(C)C2CC3CC(C2)CC1C3. The maximum Gasteiger partial charge on any atom is 0.344 e. The molecule has 0 saturated heterocycles. The van der Waals surface area contributed by atoms with Crippen molar-refractivity contribution in [1.82, 2.24) is 0 Å².